The number of carbonyl (C=O) groups excluding carboxylic acids is 1. The van der Waals surface area contributed by atoms with Gasteiger partial charge in [-0.25, -0.2) is 0 Å². The van der Waals surface area contributed by atoms with Gasteiger partial charge in [0.05, 0.1) is 11.4 Å². The summed E-state index contributed by atoms with van der Waals surface area (Å²) in [5, 5.41) is 2.96. The zero-order chi connectivity index (χ0) is 18.4. The smallest absolute Gasteiger partial charge is 0.262 e. The summed E-state index contributed by atoms with van der Waals surface area (Å²) in [4.78, 5) is 14.7. The number of aryl methyl sites for hydroxylation is 1. The lowest BCUT2D eigenvalue weighted by atomic mass is 10.1. The van der Waals surface area contributed by atoms with Crippen LogP contribution in [0.4, 0.5) is 17.1 Å². The van der Waals surface area contributed by atoms with Crippen molar-refractivity contribution in [2.24, 2.45) is 0 Å². The third-order valence-corrected chi connectivity index (χ3v) is 4.69. The van der Waals surface area contributed by atoms with Crippen molar-refractivity contribution in [1.29, 1.82) is 0 Å². The predicted octanol–water partition coefficient (Wildman–Crippen LogP) is 3.84. The molecule has 5 nitrogen and oxygen atoms in total. The lowest BCUT2D eigenvalue weighted by molar-refractivity contribution is -0.118. The van der Waals surface area contributed by atoms with Gasteiger partial charge < -0.3 is 20.7 Å². The summed E-state index contributed by atoms with van der Waals surface area (Å²) in [6.07, 6.45) is 4.59. The molecule has 0 radical (unpaired) electrons. The number of amides is 1. The predicted molar refractivity (Wildman–Crippen MR) is 107 cm³/mol. The summed E-state index contributed by atoms with van der Waals surface area (Å²) < 4.78 is 5.60. The fourth-order valence-electron chi connectivity index (χ4n) is 3.22. The van der Waals surface area contributed by atoms with Crippen LogP contribution in [0.5, 0.6) is 5.75 Å². The molecule has 2 aromatic carbocycles. The highest BCUT2D eigenvalue weighted by molar-refractivity contribution is 5.96. The molecule has 3 N–H and O–H groups in total. The summed E-state index contributed by atoms with van der Waals surface area (Å²) in [6.45, 7) is 4.09. The zero-order valence-electron chi connectivity index (χ0n) is 15.3. The van der Waals surface area contributed by atoms with Gasteiger partial charge >= 0.3 is 0 Å². The van der Waals surface area contributed by atoms with Gasteiger partial charge in [-0.05, 0) is 61.6 Å². The lowest BCUT2D eigenvalue weighted by Crippen LogP contribution is -2.31. The Balaban J connectivity index is 1.63. The van der Waals surface area contributed by atoms with E-state index >= 15 is 0 Å². The highest BCUT2D eigenvalue weighted by Crippen LogP contribution is 2.30. The first-order chi connectivity index (χ1) is 12.7. The average Bonchev–Trinajstić information content (AvgIpc) is 2.67. The van der Waals surface area contributed by atoms with E-state index in [1.165, 1.54) is 24.8 Å². The first-order valence-electron chi connectivity index (χ1n) is 9.32. The number of nitrogens with zero attached hydrogens (tertiary/aromatic N) is 1. The summed E-state index contributed by atoms with van der Waals surface area (Å²) >= 11 is 0. The Morgan fingerprint density at radius 3 is 2.54 bits per heavy atom. The van der Waals surface area contributed by atoms with Gasteiger partial charge in [-0.2, -0.15) is 0 Å². The average molecular weight is 353 g/mol. The summed E-state index contributed by atoms with van der Waals surface area (Å²) in [6, 6.07) is 13.5. The van der Waals surface area contributed by atoms with Crippen LogP contribution >= 0.6 is 0 Å². The van der Waals surface area contributed by atoms with E-state index in [2.05, 4.69) is 17.1 Å². The molecule has 1 aliphatic heterocycles. The van der Waals surface area contributed by atoms with Crippen LogP contribution in [0.3, 0.4) is 0 Å². The van der Waals surface area contributed by atoms with E-state index in [-0.39, 0.29) is 12.5 Å². The molecular formula is C21H27N3O2. The molecule has 26 heavy (non-hydrogen) atoms. The van der Waals surface area contributed by atoms with Crippen LogP contribution in [-0.4, -0.2) is 25.6 Å². The van der Waals surface area contributed by atoms with Crippen LogP contribution in [0.15, 0.2) is 42.5 Å². The fraction of sp³-hybridized carbons (Fsp3) is 0.381. The number of carbonyl (C=O) groups is 1. The molecule has 1 fully saturated rings. The second-order valence-electron chi connectivity index (χ2n) is 6.66. The van der Waals surface area contributed by atoms with E-state index in [1.54, 1.807) is 0 Å². The van der Waals surface area contributed by atoms with Gasteiger partial charge in [-0.15, -0.1) is 0 Å². The first-order valence-corrected chi connectivity index (χ1v) is 9.32. The third kappa shape index (κ3) is 4.69. The van der Waals surface area contributed by atoms with Crippen LogP contribution in [0, 0.1) is 0 Å². The molecule has 1 heterocycles. The summed E-state index contributed by atoms with van der Waals surface area (Å²) in [5.41, 5.74) is 9.58. The van der Waals surface area contributed by atoms with Crippen LogP contribution in [-0.2, 0) is 11.2 Å². The Labute approximate surface area is 155 Å². The maximum atomic E-state index is 12.4. The molecule has 0 saturated carbocycles. The van der Waals surface area contributed by atoms with Crippen LogP contribution < -0.4 is 20.7 Å². The Morgan fingerprint density at radius 1 is 1.12 bits per heavy atom. The third-order valence-electron chi connectivity index (χ3n) is 4.69. The largest absolute Gasteiger partial charge is 0.484 e. The molecule has 2 aromatic rings. The van der Waals surface area contributed by atoms with Crippen molar-refractivity contribution in [2.45, 2.75) is 32.6 Å². The Kier molecular flexibility index (Phi) is 6.00. The number of hydrogen-bond donors (Lipinski definition) is 2. The van der Waals surface area contributed by atoms with Gasteiger partial charge in [-0.1, -0.05) is 19.1 Å². The normalized spacial score (nSPS) is 14.1. The molecule has 0 unspecified atom stereocenters. The minimum Gasteiger partial charge on any atom is -0.484 e. The van der Waals surface area contributed by atoms with E-state index in [0.717, 1.165) is 30.9 Å². The Hall–Kier alpha value is -2.69. The van der Waals surface area contributed by atoms with Crippen LogP contribution in [0.25, 0.3) is 0 Å². The number of nitrogens with one attached hydrogen (secondary N) is 1. The number of rotatable bonds is 6. The van der Waals surface area contributed by atoms with Crippen molar-refractivity contribution in [2.75, 3.05) is 35.6 Å². The van der Waals surface area contributed by atoms with Crippen molar-refractivity contribution >= 4 is 23.0 Å². The Morgan fingerprint density at radius 2 is 1.85 bits per heavy atom. The molecule has 0 aliphatic carbocycles. The monoisotopic (exact) mass is 353 g/mol. The van der Waals surface area contributed by atoms with Gasteiger partial charge in [0.25, 0.3) is 5.91 Å². The molecule has 5 heteroatoms. The molecule has 3 rings (SSSR count). The topological polar surface area (TPSA) is 67.6 Å². The van der Waals surface area contributed by atoms with E-state index in [1.807, 2.05) is 42.5 Å². The number of nitrogens with two attached hydrogens (primary N) is 1. The summed E-state index contributed by atoms with van der Waals surface area (Å²) in [7, 11) is 0. The van der Waals surface area contributed by atoms with Gasteiger partial charge in [0.1, 0.15) is 5.75 Å². The van der Waals surface area contributed by atoms with Crippen molar-refractivity contribution in [3.05, 3.63) is 48.0 Å². The van der Waals surface area contributed by atoms with E-state index in [9.17, 15) is 4.79 Å². The molecule has 0 spiro atoms. The molecule has 0 bridgehead atoms. The minimum atomic E-state index is -0.187. The maximum absolute atomic E-state index is 12.4. The van der Waals surface area contributed by atoms with Gasteiger partial charge in [0.15, 0.2) is 6.61 Å². The number of ether oxygens (including phenoxy) is 1. The van der Waals surface area contributed by atoms with Crippen molar-refractivity contribution < 1.29 is 9.53 Å². The molecule has 0 atom stereocenters. The van der Waals surface area contributed by atoms with E-state index in [4.69, 9.17) is 10.5 Å². The number of hydrogen-bond acceptors (Lipinski definition) is 4. The number of anilines is 3. The van der Waals surface area contributed by atoms with Gasteiger partial charge in [0, 0.05) is 18.8 Å². The van der Waals surface area contributed by atoms with Crippen molar-refractivity contribution in [3.63, 3.8) is 0 Å². The maximum Gasteiger partial charge on any atom is 0.262 e. The standard InChI is InChI=1S/C21H27N3O2/c1-2-16-6-9-18(10-7-16)26-15-21(25)23-19-14-17(22)8-11-20(19)24-12-4-3-5-13-24/h6-11,14H,2-5,12-13,15,22H2,1H3,(H,23,25). The van der Waals surface area contributed by atoms with Crippen LogP contribution in [0.2, 0.25) is 0 Å². The molecular weight excluding hydrogens is 326 g/mol. The SMILES string of the molecule is CCc1ccc(OCC(=O)Nc2cc(N)ccc2N2CCCCC2)cc1. The Bertz CT molecular complexity index is 737. The number of benzene rings is 2. The molecule has 1 aliphatic rings. The number of piperidine rings is 1. The molecule has 1 amide bonds. The zero-order valence-corrected chi connectivity index (χ0v) is 15.3. The van der Waals surface area contributed by atoms with Gasteiger partial charge in [-0.3, -0.25) is 4.79 Å². The highest BCUT2D eigenvalue weighted by atomic mass is 16.5. The first kappa shape index (κ1) is 18.1. The van der Waals surface area contributed by atoms with E-state index in [0.29, 0.717) is 11.4 Å². The molecule has 0 aromatic heterocycles. The molecule has 1 saturated heterocycles. The van der Waals surface area contributed by atoms with Crippen LogP contribution in [0.1, 0.15) is 31.7 Å². The quantitative estimate of drug-likeness (QED) is 0.774. The highest BCUT2D eigenvalue weighted by Gasteiger charge is 2.16. The minimum absolute atomic E-state index is 0.0281. The fourth-order valence-corrected chi connectivity index (χ4v) is 3.22. The molecule has 138 valence electrons. The van der Waals surface area contributed by atoms with E-state index < -0.39 is 0 Å². The summed E-state index contributed by atoms with van der Waals surface area (Å²) in [5.74, 6) is 0.509. The second-order valence-corrected chi connectivity index (χ2v) is 6.66. The van der Waals surface area contributed by atoms with Crippen molar-refractivity contribution in [3.8, 4) is 5.75 Å². The lowest BCUT2D eigenvalue weighted by Gasteiger charge is -2.30. The van der Waals surface area contributed by atoms with Crippen molar-refractivity contribution in [1.82, 2.24) is 0 Å². The number of nitrogen functional groups attached to an aromatic ring is 1. The second kappa shape index (κ2) is 8.61. The van der Waals surface area contributed by atoms with Gasteiger partial charge in [0.2, 0.25) is 0 Å².